The average Bonchev–Trinajstić information content (AvgIpc) is 2.30. The highest BCUT2D eigenvalue weighted by Crippen LogP contribution is 2.18. The van der Waals surface area contributed by atoms with Crippen molar-refractivity contribution in [1.82, 2.24) is 9.97 Å². The maximum atomic E-state index is 11.0. The van der Waals surface area contributed by atoms with Crippen LogP contribution in [-0.4, -0.2) is 18.4 Å². The fourth-order valence-corrected chi connectivity index (χ4v) is 1.58. The van der Waals surface area contributed by atoms with Crippen LogP contribution < -0.4 is 9.88 Å². The summed E-state index contributed by atoms with van der Waals surface area (Å²) in [4.78, 5) is 7.64. The average molecular weight is 251 g/mol. The minimum atomic E-state index is -3.72. The Morgan fingerprint density at radius 2 is 2.00 bits per heavy atom. The van der Waals surface area contributed by atoms with Crippen molar-refractivity contribution in [3.05, 3.63) is 42.9 Å². The smallest absolute Gasteiger partial charge is 0.239 e. The summed E-state index contributed by atoms with van der Waals surface area (Å²) in [5.74, 6) is 0.786. The van der Waals surface area contributed by atoms with Crippen LogP contribution in [0.5, 0.6) is 11.6 Å². The first kappa shape index (κ1) is 11.5. The number of primary sulfonamides is 1. The van der Waals surface area contributed by atoms with E-state index in [9.17, 15) is 8.42 Å². The van der Waals surface area contributed by atoms with E-state index in [1.165, 1.54) is 18.3 Å². The Hall–Kier alpha value is -1.99. The molecule has 88 valence electrons. The number of nitrogens with two attached hydrogens (primary N) is 1. The summed E-state index contributed by atoms with van der Waals surface area (Å²) >= 11 is 0. The maximum absolute atomic E-state index is 11.0. The molecule has 0 fully saturated rings. The normalized spacial score (nSPS) is 11.1. The van der Waals surface area contributed by atoms with E-state index in [2.05, 4.69) is 9.97 Å². The van der Waals surface area contributed by atoms with Crippen LogP contribution in [0.4, 0.5) is 0 Å². The molecular weight excluding hydrogens is 242 g/mol. The minimum absolute atomic E-state index is 0.0592. The number of rotatable bonds is 3. The molecule has 0 radical (unpaired) electrons. The molecule has 6 nitrogen and oxygen atoms in total. The first-order chi connectivity index (χ1) is 8.05. The third-order valence-corrected chi connectivity index (χ3v) is 2.79. The van der Waals surface area contributed by atoms with Gasteiger partial charge in [-0.1, -0.05) is 0 Å². The van der Waals surface area contributed by atoms with Crippen molar-refractivity contribution in [3.63, 3.8) is 0 Å². The number of ether oxygens (including phenoxy) is 1. The first-order valence-electron chi connectivity index (χ1n) is 4.62. The van der Waals surface area contributed by atoms with Crippen molar-refractivity contribution in [3.8, 4) is 11.6 Å². The van der Waals surface area contributed by atoms with Gasteiger partial charge in [0, 0.05) is 12.3 Å². The monoisotopic (exact) mass is 251 g/mol. The van der Waals surface area contributed by atoms with Crippen molar-refractivity contribution in [2.45, 2.75) is 4.90 Å². The molecule has 0 aliphatic carbocycles. The van der Waals surface area contributed by atoms with Gasteiger partial charge >= 0.3 is 0 Å². The van der Waals surface area contributed by atoms with Gasteiger partial charge in [0.25, 0.3) is 0 Å². The maximum Gasteiger partial charge on any atom is 0.239 e. The predicted molar refractivity (Wildman–Crippen MR) is 59.9 cm³/mol. The Balaban J connectivity index is 2.20. The molecule has 0 aromatic carbocycles. The van der Waals surface area contributed by atoms with E-state index in [0.717, 1.165) is 6.20 Å². The molecule has 7 heteroatoms. The molecule has 2 aromatic rings. The number of hydrogen-bond acceptors (Lipinski definition) is 5. The second kappa shape index (κ2) is 4.48. The van der Waals surface area contributed by atoms with Crippen LogP contribution in [0.2, 0.25) is 0 Å². The molecule has 0 bridgehead atoms. The molecule has 0 spiro atoms. The molecule has 2 heterocycles. The SMILES string of the molecule is NS(=O)(=O)c1ccc(Oc2cccnc2)nc1. The van der Waals surface area contributed by atoms with Gasteiger partial charge in [-0.25, -0.2) is 18.5 Å². The largest absolute Gasteiger partial charge is 0.437 e. The number of pyridine rings is 2. The van der Waals surface area contributed by atoms with E-state index in [-0.39, 0.29) is 10.8 Å². The fourth-order valence-electron chi connectivity index (χ4n) is 1.12. The van der Waals surface area contributed by atoms with Crippen molar-refractivity contribution in [2.24, 2.45) is 5.14 Å². The van der Waals surface area contributed by atoms with Crippen LogP contribution in [0.3, 0.4) is 0 Å². The topological polar surface area (TPSA) is 95.2 Å². The summed E-state index contributed by atoms with van der Waals surface area (Å²) in [5.41, 5.74) is 0. The Kier molecular flexibility index (Phi) is 3.03. The molecular formula is C10H9N3O3S. The number of hydrogen-bond donors (Lipinski definition) is 1. The number of sulfonamides is 1. The second-order valence-corrected chi connectivity index (χ2v) is 4.73. The lowest BCUT2D eigenvalue weighted by molar-refractivity contribution is 0.460. The third-order valence-electron chi connectivity index (χ3n) is 1.89. The van der Waals surface area contributed by atoms with Crippen LogP contribution in [0.1, 0.15) is 0 Å². The quantitative estimate of drug-likeness (QED) is 0.875. The molecule has 0 atom stereocenters. The standard InChI is InChI=1S/C10H9N3O3S/c11-17(14,15)9-3-4-10(13-7-9)16-8-2-1-5-12-6-8/h1-7H,(H2,11,14,15). The molecule has 0 saturated carbocycles. The summed E-state index contributed by atoms with van der Waals surface area (Å²) in [6.07, 6.45) is 4.28. The van der Waals surface area contributed by atoms with Gasteiger partial charge in [0.2, 0.25) is 15.9 Å². The lowest BCUT2D eigenvalue weighted by Gasteiger charge is -2.04. The Labute approximate surface area is 98.1 Å². The van der Waals surface area contributed by atoms with Crippen molar-refractivity contribution in [2.75, 3.05) is 0 Å². The first-order valence-corrected chi connectivity index (χ1v) is 6.17. The minimum Gasteiger partial charge on any atom is -0.437 e. The number of nitrogens with zero attached hydrogens (tertiary/aromatic N) is 2. The van der Waals surface area contributed by atoms with Crippen LogP contribution in [0.25, 0.3) is 0 Å². The number of aromatic nitrogens is 2. The third kappa shape index (κ3) is 2.99. The Morgan fingerprint density at radius 3 is 2.53 bits per heavy atom. The molecule has 2 N–H and O–H groups in total. The van der Waals surface area contributed by atoms with Gasteiger partial charge in [0.15, 0.2) is 0 Å². The second-order valence-electron chi connectivity index (χ2n) is 3.17. The van der Waals surface area contributed by atoms with Crippen LogP contribution in [-0.2, 0) is 10.0 Å². The summed E-state index contributed by atoms with van der Waals surface area (Å²) in [7, 11) is -3.72. The molecule has 0 unspecified atom stereocenters. The molecule has 17 heavy (non-hydrogen) atoms. The molecule has 0 amide bonds. The molecule has 2 rings (SSSR count). The molecule has 0 aliphatic rings. The fraction of sp³-hybridized carbons (Fsp3) is 0. The highest BCUT2D eigenvalue weighted by atomic mass is 32.2. The van der Waals surface area contributed by atoms with E-state index in [0.29, 0.717) is 5.75 Å². The van der Waals surface area contributed by atoms with Gasteiger partial charge in [0.1, 0.15) is 10.6 Å². The lowest BCUT2D eigenvalue weighted by Crippen LogP contribution is -2.12. The predicted octanol–water partition coefficient (Wildman–Crippen LogP) is 0.916. The van der Waals surface area contributed by atoms with E-state index >= 15 is 0 Å². The molecule has 0 saturated heterocycles. The van der Waals surface area contributed by atoms with E-state index in [1.807, 2.05) is 0 Å². The van der Waals surface area contributed by atoms with Crippen molar-refractivity contribution >= 4 is 10.0 Å². The Bertz CT molecular complexity index is 596. The summed E-state index contributed by atoms with van der Waals surface area (Å²) < 4.78 is 27.3. The zero-order valence-corrected chi connectivity index (χ0v) is 9.46. The zero-order chi connectivity index (χ0) is 12.3. The van der Waals surface area contributed by atoms with Crippen LogP contribution in [0.15, 0.2) is 47.8 Å². The highest BCUT2D eigenvalue weighted by molar-refractivity contribution is 7.89. The van der Waals surface area contributed by atoms with E-state index in [4.69, 9.17) is 9.88 Å². The van der Waals surface area contributed by atoms with Crippen LogP contribution >= 0.6 is 0 Å². The van der Waals surface area contributed by atoms with Crippen LogP contribution in [0, 0.1) is 0 Å². The van der Waals surface area contributed by atoms with Gasteiger partial charge in [0.05, 0.1) is 12.4 Å². The highest BCUT2D eigenvalue weighted by Gasteiger charge is 2.08. The summed E-state index contributed by atoms with van der Waals surface area (Å²) in [5, 5.41) is 4.94. The van der Waals surface area contributed by atoms with Gasteiger partial charge in [-0.3, -0.25) is 4.98 Å². The van der Waals surface area contributed by atoms with E-state index in [1.54, 1.807) is 18.3 Å². The van der Waals surface area contributed by atoms with Gasteiger partial charge in [-0.05, 0) is 18.2 Å². The van der Waals surface area contributed by atoms with Gasteiger partial charge in [-0.15, -0.1) is 0 Å². The molecule has 0 aliphatic heterocycles. The molecule has 2 aromatic heterocycles. The van der Waals surface area contributed by atoms with Gasteiger partial charge in [-0.2, -0.15) is 0 Å². The van der Waals surface area contributed by atoms with Crippen molar-refractivity contribution < 1.29 is 13.2 Å². The Morgan fingerprint density at radius 1 is 1.18 bits per heavy atom. The lowest BCUT2D eigenvalue weighted by atomic mass is 10.4. The summed E-state index contributed by atoms with van der Waals surface area (Å²) in [6, 6.07) is 6.18. The zero-order valence-electron chi connectivity index (χ0n) is 8.65. The van der Waals surface area contributed by atoms with Gasteiger partial charge < -0.3 is 4.74 Å². The van der Waals surface area contributed by atoms with E-state index < -0.39 is 10.0 Å². The van der Waals surface area contributed by atoms with Crippen molar-refractivity contribution in [1.29, 1.82) is 0 Å². The summed E-state index contributed by atoms with van der Waals surface area (Å²) in [6.45, 7) is 0.